The van der Waals surface area contributed by atoms with Crippen LogP contribution in [0.3, 0.4) is 0 Å². The van der Waals surface area contributed by atoms with E-state index in [-0.39, 0.29) is 0 Å². The summed E-state index contributed by atoms with van der Waals surface area (Å²) in [5.74, 6) is 0. The molecule has 4 N–H and O–H groups in total. The predicted octanol–water partition coefficient (Wildman–Crippen LogP) is -0.243. The van der Waals surface area contributed by atoms with Crippen LogP contribution in [0.4, 0.5) is 0 Å². The van der Waals surface area contributed by atoms with Crippen molar-refractivity contribution in [3.8, 4) is 0 Å². The van der Waals surface area contributed by atoms with E-state index >= 15 is 0 Å². The molecular weight excluding hydrogens is 138 g/mol. The fraction of sp³-hybridized carbons (Fsp3) is 1.00. The van der Waals surface area contributed by atoms with Gasteiger partial charge in [0, 0.05) is 25.2 Å². The summed E-state index contributed by atoms with van der Waals surface area (Å²) in [5, 5.41) is 0. The van der Waals surface area contributed by atoms with E-state index in [1.807, 2.05) is 0 Å². The Kier molecular flexibility index (Phi) is 3.30. The normalized spacial score (nSPS) is 35.2. The van der Waals surface area contributed by atoms with E-state index < -0.39 is 0 Å². The summed E-state index contributed by atoms with van der Waals surface area (Å²) in [4.78, 5) is 2.34. The average Bonchev–Trinajstić information content (AvgIpc) is 2.13. The molecule has 3 heteroatoms. The van der Waals surface area contributed by atoms with E-state index in [9.17, 15) is 0 Å². The van der Waals surface area contributed by atoms with Crippen LogP contribution in [0.15, 0.2) is 0 Å². The zero-order chi connectivity index (χ0) is 8.27. The van der Waals surface area contributed by atoms with Crippen LogP contribution in [0.5, 0.6) is 0 Å². The molecular formula is C8H19N3. The summed E-state index contributed by atoms with van der Waals surface area (Å²) in [6, 6.07) is 0.673. The zero-order valence-corrected chi connectivity index (χ0v) is 7.29. The second kappa shape index (κ2) is 4.04. The van der Waals surface area contributed by atoms with E-state index in [4.69, 9.17) is 11.5 Å². The summed E-state index contributed by atoms with van der Waals surface area (Å²) in [6.45, 7) is 5.26. The van der Waals surface area contributed by atoms with Gasteiger partial charge in [0.05, 0.1) is 0 Å². The van der Waals surface area contributed by atoms with E-state index in [1.54, 1.807) is 0 Å². The van der Waals surface area contributed by atoms with E-state index in [1.165, 1.54) is 0 Å². The summed E-state index contributed by atoms with van der Waals surface area (Å²) >= 11 is 0. The van der Waals surface area contributed by atoms with Crippen LogP contribution < -0.4 is 11.5 Å². The maximum Gasteiger partial charge on any atom is 0.0168 e. The van der Waals surface area contributed by atoms with Crippen LogP contribution in [0.1, 0.15) is 19.8 Å². The number of rotatable bonds is 1. The first-order valence-electron chi connectivity index (χ1n) is 4.46. The molecule has 0 aromatic heterocycles. The van der Waals surface area contributed by atoms with Gasteiger partial charge in [-0.05, 0) is 19.4 Å². The first-order valence-corrected chi connectivity index (χ1v) is 4.46. The fourth-order valence-electron chi connectivity index (χ4n) is 1.61. The van der Waals surface area contributed by atoms with Gasteiger partial charge >= 0.3 is 0 Å². The van der Waals surface area contributed by atoms with Crippen molar-refractivity contribution >= 4 is 0 Å². The Bertz CT molecular complexity index is 104. The zero-order valence-electron chi connectivity index (χ0n) is 7.29. The highest BCUT2D eigenvalue weighted by molar-refractivity contribution is 4.78. The van der Waals surface area contributed by atoms with E-state index in [2.05, 4.69) is 11.8 Å². The molecule has 0 aromatic carbocycles. The fourth-order valence-corrected chi connectivity index (χ4v) is 1.61. The summed E-state index contributed by atoms with van der Waals surface area (Å²) in [7, 11) is 0. The van der Waals surface area contributed by atoms with Crippen molar-refractivity contribution in [2.24, 2.45) is 11.5 Å². The maximum atomic E-state index is 5.87. The molecule has 11 heavy (non-hydrogen) atoms. The van der Waals surface area contributed by atoms with Crippen molar-refractivity contribution in [2.45, 2.75) is 31.8 Å². The molecule has 66 valence electrons. The molecule has 0 spiro atoms. The average molecular weight is 157 g/mol. The smallest absolute Gasteiger partial charge is 0.0168 e. The third kappa shape index (κ3) is 2.77. The minimum absolute atomic E-state index is 0.337. The Hall–Kier alpha value is -0.120. The molecule has 0 aliphatic carbocycles. The Morgan fingerprint density at radius 1 is 1.18 bits per heavy atom. The van der Waals surface area contributed by atoms with Gasteiger partial charge in [-0.1, -0.05) is 6.92 Å². The molecule has 2 unspecified atom stereocenters. The quantitative estimate of drug-likeness (QED) is 0.552. The van der Waals surface area contributed by atoms with Crippen LogP contribution in [0, 0.1) is 0 Å². The first-order chi connectivity index (χ1) is 5.22. The lowest BCUT2D eigenvalue weighted by atomic mass is 10.1. The van der Waals surface area contributed by atoms with Crippen molar-refractivity contribution in [3.63, 3.8) is 0 Å². The topological polar surface area (TPSA) is 55.3 Å². The first kappa shape index (κ1) is 8.97. The Morgan fingerprint density at radius 2 is 1.64 bits per heavy atom. The summed E-state index contributed by atoms with van der Waals surface area (Å²) in [5.41, 5.74) is 11.7. The number of nitrogens with two attached hydrogens (primary N) is 2. The van der Waals surface area contributed by atoms with Crippen molar-refractivity contribution in [1.29, 1.82) is 0 Å². The van der Waals surface area contributed by atoms with Gasteiger partial charge in [0.15, 0.2) is 0 Å². The molecule has 2 atom stereocenters. The van der Waals surface area contributed by atoms with Crippen molar-refractivity contribution < 1.29 is 0 Å². The van der Waals surface area contributed by atoms with Gasteiger partial charge in [0.2, 0.25) is 0 Å². The van der Waals surface area contributed by atoms with E-state index in [0.717, 1.165) is 32.5 Å². The SMILES string of the molecule is CCN1CC(N)CCC(N)C1. The second-order valence-electron chi connectivity index (χ2n) is 3.45. The van der Waals surface area contributed by atoms with Crippen LogP contribution in [0.2, 0.25) is 0 Å². The number of nitrogens with zero attached hydrogens (tertiary/aromatic N) is 1. The molecule has 0 saturated carbocycles. The van der Waals surface area contributed by atoms with Crippen LogP contribution >= 0.6 is 0 Å². The highest BCUT2D eigenvalue weighted by Crippen LogP contribution is 2.07. The van der Waals surface area contributed by atoms with Crippen molar-refractivity contribution in [3.05, 3.63) is 0 Å². The molecule has 0 amide bonds. The van der Waals surface area contributed by atoms with Gasteiger partial charge in [-0.25, -0.2) is 0 Å². The predicted molar refractivity (Wildman–Crippen MR) is 47.3 cm³/mol. The van der Waals surface area contributed by atoms with Crippen LogP contribution in [-0.2, 0) is 0 Å². The highest BCUT2D eigenvalue weighted by atomic mass is 15.1. The van der Waals surface area contributed by atoms with Crippen LogP contribution in [-0.4, -0.2) is 36.6 Å². The lowest BCUT2D eigenvalue weighted by Gasteiger charge is -2.21. The Labute approximate surface area is 68.7 Å². The standard InChI is InChI=1S/C8H19N3/c1-2-11-5-7(9)3-4-8(10)6-11/h7-8H,2-6,9-10H2,1H3. The molecule has 3 nitrogen and oxygen atoms in total. The molecule has 1 rings (SSSR count). The maximum absolute atomic E-state index is 5.87. The van der Waals surface area contributed by atoms with E-state index in [0.29, 0.717) is 12.1 Å². The lowest BCUT2D eigenvalue weighted by Crippen LogP contribution is -2.39. The Balaban J connectivity index is 2.41. The molecule has 1 fully saturated rings. The van der Waals surface area contributed by atoms with Gasteiger partial charge in [-0.15, -0.1) is 0 Å². The summed E-state index contributed by atoms with van der Waals surface area (Å²) < 4.78 is 0. The number of likely N-dealkylation sites (N-methyl/N-ethyl adjacent to an activating group) is 1. The molecule has 0 aromatic rings. The minimum atomic E-state index is 0.337. The molecule has 1 heterocycles. The second-order valence-corrected chi connectivity index (χ2v) is 3.45. The Morgan fingerprint density at radius 3 is 2.00 bits per heavy atom. The van der Waals surface area contributed by atoms with Crippen molar-refractivity contribution in [2.75, 3.05) is 19.6 Å². The molecule has 1 saturated heterocycles. The molecule has 0 radical (unpaired) electrons. The van der Waals surface area contributed by atoms with Crippen molar-refractivity contribution in [1.82, 2.24) is 4.90 Å². The monoisotopic (exact) mass is 157 g/mol. The van der Waals surface area contributed by atoms with Gasteiger partial charge in [-0.3, -0.25) is 0 Å². The largest absolute Gasteiger partial charge is 0.327 e. The summed E-state index contributed by atoms with van der Waals surface area (Å²) in [6.07, 6.45) is 2.16. The third-order valence-electron chi connectivity index (χ3n) is 2.34. The molecule has 1 aliphatic rings. The third-order valence-corrected chi connectivity index (χ3v) is 2.34. The number of hydrogen-bond acceptors (Lipinski definition) is 3. The van der Waals surface area contributed by atoms with Gasteiger partial charge in [0.25, 0.3) is 0 Å². The highest BCUT2D eigenvalue weighted by Gasteiger charge is 2.17. The molecule has 1 aliphatic heterocycles. The molecule has 0 bridgehead atoms. The van der Waals surface area contributed by atoms with Crippen LogP contribution in [0.25, 0.3) is 0 Å². The minimum Gasteiger partial charge on any atom is -0.327 e. The van der Waals surface area contributed by atoms with Gasteiger partial charge in [0.1, 0.15) is 0 Å². The number of hydrogen-bond donors (Lipinski definition) is 2. The van der Waals surface area contributed by atoms with Gasteiger partial charge < -0.3 is 16.4 Å². The van der Waals surface area contributed by atoms with Gasteiger partial charge in [-0.2, -0.15) is 0 Å². The number of likely N-dealkylation sites (tertiary alicyclic amines) is 1. The lowest BCUT2D eigenvalue weighted by molar-refractivity contribution is 0.277.